The summed E-state index contributed by atoms with van der Waals surface area (Å²) in [4.78, 5) is 12.1. The largest absolute Gasteiger partial charge is 0.354 e. The Kier molecular flexibility index (Phi) is 3.22. The third kappa shape index (κ3) is 2.29. The first-order valence-corrected chi connectivity index (χ1v) is 6.97. The van der Waals surface area contributed by atoms with Crippen molar-refractivity contribution in [1.29, 1.82) is 5.26 Å². The Labute approximate surface area is 123 Å². The SMILES string of the molecule is CNC(=O)c1c(C)c(-c2ccc(C#N)cc2)nn1C1CC1. The third-order valence-corrected chi connectivity index (χ3v) is 3.77. The van der Waals surface area contributed by atoms with Gasteiger partial charge in [0, 0.05) is 18.2 Å². The number of nitrogens with zero attached hydrogens (tertiary/aromatic N) is 3. The predicted molar refractivity (Wildman–Crippen MR) is 78.8 cm³/mol. The molecule has 1 N–H and O–H groups in total. The third-order valence-electron chi connectivity index (χ3n) is 3.77. The van der Waals surface area contributed by atoms with Gasteiger partial charge in [0.1, 0.15) is 5.69 Å². The number of nitrogens with one attached hydrogen (secondary N) is 1. The van der Waals surface area contributed by atoms with Crippen LogP contribution < -0.4 is 5.32 Å². The number of hydrogen-bond acceptors (Lipinski definition) is 3. The van der Waals surface area contributed by atoms with Crippen LogP contribution in [-0.4, -0.2) is 22.7 Å². The molecule has 0 unspecified atom stereocenters. The fraction of sp³-hybridized carbons (Fsp3) is 0.312. The smallest absolute Gasteiger partial charge is 0.269 e. The summed E-state index contributed by atoms with van der Waals surface area (Å²) in [6, 6.07) is 9.72. The molecular weight excluding hydrogens is 264 g/mol. The molecule has 0 spiro atoms. The van der Waals surface area contributed by atoms with Crippen LogP contribution in [0.4, 0.5) is 0 Å². The van der Waals surface area contributed by atoms with Crippen LogP contribution in [0.25, 0.3) is 11.3 Å². The van der Waals surface area contributed by atoms with Crippen LogP contribution in [0.1, 0.15) is 40.5 Å². The molecule has 1 aromatic heterocycles. The van der Waals surface area contributed by atoms with Gasteiger partial charge in [-0.1, -0.05) is 12.1 Å². The lowest BCUT2D eigenvalue weighted by Crippen LogP contribution is -2.22. The Bertz CT molecular complexity index is 733. The number of aromatic nitrogens is 2. The molecule has 0 bridgehead atoms. The number of benzene rings is 1. The number of carbonyl (C=O) groups excluding carboxylic acids is 1. The lowest BCUT2D eigenvalue weighted by Gasteiger charge is -2.04. The number of carbonyl (C=O) groups is 1. The second kappa shape index (κ2) is 5.06. The van der Waals surface area contributed by atoms with Crippen LogP contribution in [-0.2, 0) is 0 Å². The highest BCUT2D eigenvalue weighted by molar-refractivity contribution is 5.95. The molecule has 106 valence electrons. The summed E-state index contributed by atoms with van der Waals surface area (Å²) < 4.78 is 1.85. The van der Waals surface area contributed by atoms with E-state index in [-0.39, 0.29) is 5.91 Å². The van der Waals surface area contributed by atoms with E-state index in [2.05, 4.69) is 16.5 Å². The number of rotatable bonds is 3. The summed E-state index contributed by atoms with van der Waals surface area (Å²) in [5.41, 5.74) is 3.87. The maximum absolute atomic E-state index is 12.1. The zero-order valence-corrected chi connectivity index (χ0v) is 12.1. The second-order valence-electron chi connectivity index (χ2n) is 5.27. The fourth-order valence-corrected chi connectivity index (χ4v) is 2.47. The first-order valence-electron chi connectivity index (χ1n) is 6.97. The normalized spacial score (nSPS) is 13.8. The van der Waals surface area contributed by atoms with Crippen molar-refractivity contribution in [3.8, 4) is 17.3 Å². The van der Waals surface area contributed by atoms with Crippen LogP contribution in [0, 0.1) is 18.3 Å². The van der Waals surface area contributed by atoms with Gasteiger partial charge in [-0.3, -0.25) is 9.48 Å². The van der Waals surface area contributed by atoms with Crippen LogP contribution in [0.5, 0.6) is 0 Å². The van der Waals surface area contributed by atoms with Gasteiger partial charge in [-0.25, -0.2) is 0 Å². The average molecular weight is 280 g/mol. The molecule has 1 aliphatic carbocycles. The molecule has 5 nitrogen and oxygen atoms in total. The Balaban J connectivity index is 2.10. The molecule has 1 aliphatic rings. The van der Waals surface area contributed by atoms with Gasteiger partial charge in [0.25, 0.3) is 5.91 Å². The van der Waals surface area contributed by atoms with E-state index in [1.54, 1.807) is 19.2 Å². The Morgan fingerprint density at radius 2 is 2.05 bits per heavy atom. The van der Waals surface area contributed by atoms with Crippen molar-refractivity contribution in [3.63, 3.8) is 0 Å². The lowest BCUT2D eigenvalue weighted by atomic mass is 10.1. The molecule has 1 amide bonds. The fourth-order valence-electron chi connectivity index (χ4n) is 2.47. The van der Waals surface area contributed by atoms with Gasteiger partial charge >= 0.3 is 0 Å². The zero-order valence-electron chi connectivity index (χ0n) is 12.1. The van der Waals surface area contributed by atoms with E-state index in [1.165, 1.54) is 0 Å². The highest BCUT2D eigenvalue weighted by Crippen LogP contribution is 2.38. The maximum atomic E-state index is 12.1. The highest BCUT2D eigenvalue weighted by Gasteiger charge is 2.31. The molecule has 0 atom stereocenters. The molecule has 0 saturated heterocycles. The summed E-state index contributed by atoms with van der Waals surface area (Å²) in [6.45, 7) is 1.92. The molecule has 21 heavy (non-hydrogen) atoms. The molecule has 5 heteroatoms. The van der Waals surface area contributed by atoms with Crippen molar-refractivity contribution in [2.24, 2.45) is 0 Å². The monoisotopic (exact) mass is 280 g/mol. The van der Waals surface area contributed by atoms with Gasteiger partial charge in [0.05, 0.1) is 23.4 Å². The van der Waals surface area contributed by atoms with Crippen LogP contribution >= 0.6 is 0 Å². The van der Waals surface area contributed by atoms with Gasteiger partial charge in [0.2, 0.25) is 0 Å². The minimum atomic E-state index is -0.105. The van der Waals surface area contributed by atoms with Crippen LogP contribution in [0.15, 0.2) is 24.3 Å². The van der Waals surface area contributed by atoms with Gasteiger partial charge in [-0.2, -0.15) is 10.4 Å². The molecule has 1 aromatic carbocycles. The summed E-state index contributed by atoms with van der Waals surface area (Å²) in [6.07, 6.45) is 2.13. The summed E-state index contributed by atoms with van der Waals surface area (Å²) in [5, 5.41) is 16.2. The first kappa shape index (κ1) is 13.4. The standard InChI is InChI=1S/C16H16N4O/c1-10-14(12-5-3-11(9-17)4-6-12)19-20(13-7-8-13)15(10)16(21)18-2/h3-6,13H,7-8H2,1-2H3,(H,18,21). The van der Waals surface area contributed by atoms with Crippen molar-refractivity contribution in [2.75, 3.05) is 7.05 Å². The van der Waals surface area contributed by atoms with Gasteiger partial charge in [-0.05, 0) is 31.9 Å². The lowest BCUT2D eigenvalue weighted by molar-refractivity contribution is 0.0951. The van der Waals surface area contributed by atoms with Crippen LogP contribution in [0.3, 0.4) is 0 Å². The topological polar surface area (TPSA) is 70.7 Å². The zero-order chi connectivity index (χ0) is 15.0. The first-order chi connectivity index (χ1) is 10.2. The molecule has 0 aliphatic heterocycles. The van der Waals surface area contributed by atoms with Crippen molar-refractivity contribution in [2.45, 2.75) is 25.8 Å². The minimum Gasteiger partial charge on any atom is -0.354 e. The minimum absolute atomic E-state index is 0.105. The van der Waals surface area contributed by atoms with Crippen molar-refractivity contribution < 1.29 is 4.79 Å². The second-order valence-corrected chi connectivity index (χ2v) is 5.27. The van der Waals surface area contributed by atoms with E-state index >= 15 is 0 Å². The molecule has 0 radical (unpaired) electrons. The molecule has 1 heterocycles. The number of nitriles is 1. The van der Waals surface area contributed by atoms with Crippen molar-refractivity contribution >= 4 is 5.91 Å². The van der Waals surface area contributed by atoms with E-state index < -0.39 is 0 Å². The highest BCUT2D eigenvalue weighted by atomic mass is 16.1. The molecule has 3 rings (SSSR count). The van der Waals surface area contributed by atoms with E-state index in [1.807, 2.05) is 23.7 Å². The number of hydrogen-bond donors (Lipinski definition) is 1. The molecular formula is C16H16N4O. The van der Waals surface area contributed by atoms with E-state index in [0.717, 1.165) is 29.7 Å². The quantitative estimate of drug-likeness (QED) is 0.938. The Hall–Kier alpha value is -2.61. The van der Waals surface area contributed by atoms with Gasteiger partial charge in [-0.15, -0.1) is 0 Å². The predicted octanol–water partition coefficient (Wildman–Crippen LogP) is 2.42. The van der Waals surface area contributed by atoms with Crippen molar-refractivity contribution in [1.82, 2.24) is 15.1 Å². The summed E-state index contributed by atoms with van der Waals surface area (Å²) in [7, 11) is 1.63. The number of amides is 1. The van der Waals surface area contributed by atoms with E-state index in [9.17, 15) is 4.79 Å². The summed E-state index contributed by atoms with van der Waals surface area (Å²) in [5.74, 6) is -0.105. The van der Waals surface area contributed by atoms with Crippen molar-refractivity contribution in [3.05, 3.63) is 41.1 Å². The molecule has 2 aromatic rings. The van der Waals surface area contributed by atoms with Gasteiger partial charge < -0.3 is 5.32 Å². The average Bonchev–Trinajstić information content (AvgIpc) is 3.30. The Morgan fingerprint density at radius 1 is 1.38 bits per heavy atom. The van der Waals surface area contributed by atoms with E-state index in [4.69, 9.17) is 5.26 Å². The molecule has 1 fully saturated rings. The van der Waals surface area contributed by atoms with E-state index in [0.29, 0.717) is 17.3 Å². The van der Waals surface area contributed by atoms with Crippen LogP contribution in [0.2, 0.25) is 0 Å². The summed E-state index contributed by atoms with van der Waals surface area (Å²) >= 11 is 0. The maximum Gasteiger partial charge on any atom is 0.269 e. The van der Waals surface area contributed by atoms with Gasteiger partial charge in [0.15, 0.2) is 0 Å². The Morgan fingerprint density at radius 3 is 2.57 bits per heavy atom. The molecule has 1 saturated carbocycles.